The van der Waals surface area contributed by atoms with Crippen LogP contribution in [-0.4, -0.2) is 12.6 Å². The SMILES string of the molecule is CC(C)NCC1CCC(C(C)(C)C)CC1. The third-order valence-corrected chi connectivity index (χ3v) is 3.89. The van der Waals surface area contributed by atoms with Crippen molar-refractivity contribution in [3.63, 3.8) is 0 Å². The molecule has 0 aromatic carbocycles. The normalized spacial score (nSPS) is 28.4. The Bertz CT molecular complexity index is 170. The first-order chi connectivity index (χ1) is 6.89. The van der Waals surface area contributed by atoms with E-state index < -0.39 is 0 Å². The molecule has 0 atom stereocenters. The topological polar surface area (TPSA) is 12.0 Å². The minimum atomic E-state index is 0.524. The van der Waals surface area contributed by atoms with E-state index in [-0.39, 0.29) is 0 Å². The molecule has 0 saturated heterocycles. The van der Waals surface area contributed by atoms with E-state index in [1.165, 1.54) is 32.2 Å². The largest absolute Gasteiger partial charge is 0.314 e. The minimum Gasteiger partial charge on any atom is -0.314 e. The molecule has 0 spiro atoms. The summed E-state index contributed by atoms with van der Waals surface area (Å²) in [5, 5.41) is 3.57. The average molecular weight is 211 g/mol. The highest BCUT2D eigenvalue weighted by Crippen LogP contribution is 2.39. The van der Waals surface area contributed by atoms with E-state index in [4.69, 9.17) is 0 Å². The Balaban J connectivity index is 2.24. The lowest BCUT2D eigenvalue weighted by Gasteiger charge is -2.37. The zero-order valence-electron chi connectivity index (χ0n) is 11.3. The summed E-state index contributed by atoms with van der Waals surface area (Å²) in [4.78, 5) is 0. The second kappa shape index (κ2) is 5.34. The number of hydrogen-bond donors (Lipinski definition) is 1. The summed E-state index contributed by atoms with van der Waals surface area (Å²) >= 11 is 0. The van der Waals surface area contributed by atoms with Gasteiger partial charge in [0.15, 0.2) is 0 Å². The molecule has 0 unspecified atom stereocenters. The van der Waals surface area contributed by atoms with Gasteiger partial charge in [-0.2, -0.15) is 0 Å². The van der Waals surface area contributed by atoms with Gasteiger partial charge in [0, 0.05) is 6.04 Å². The molecular formula is C14H29N. The van der Waals surface area contributed by atoms with Crippen LogP contribution < -0.4 is 5.32 Å². The van der Waals surface area contributed by atoms with Crippen molar-refractivity contribution in [3.05, 3.63) is 0 Å². The monoisotopic (exact) mass is 211 g/mol. The van der Waals surface area contributed by atoms with E-state index in [9.17, 15) is 0 Å². The standard InChI is InChI=1S/C14H29N/c1-11(2)15-10-12-6-8-13(9-7-12)14(3,4)5/h11-13,15H,6-10H2,1-5H3. The molecular weight excluding hydrogens is 182 g/mol. The summed E-state index contributed by atoms with van der Waals surface area (Å²) in [7, 11) is 0. The highest BCUT2D eigenvalue weighted by Gasteiger charge is 2.29. The van der Waals surface area contributed by atoms with Gasteiger partial charge in [-0.3, -0.25) is 0 Å². The number of rotatable bonds is 3. The van der Waals surface area contributed by atoms with Crippen molar-refractivity contribution in [1.29, 1.82) is 0 Å². The van der Waals surface area contributed by atoms with Gasteiger partial charge in [0.1, 0.15) is 0 Å². The molecule has 0 radical (unpaired) electrons. The molecule has 0 aromatic heterocycles. The Kier molecular flexibility index (Phi) is 4.64. The van der Waals surface area contributed by atoms with Crippen LogP contribution >= 0.6 is 0 Å². The van der Waals surface area contributed by atoms with Crippen LogP contribution in [0.1, 0.15) is 60.3 Å². The molecule has 90 valence electrons. The Hall–Kier alpha value is -0.0400. The van der Waals surface area contributed by atoms with E-state index in [0.29, 0.717) is 11.5 Å². The van der Waals surface area contributed by atoms with Crippen LogP contribution in [0.2, 0.25) is 0 Å². The molecule has 0 aromatic rings. The van der Waals surface area contributed by atoms with Crippen molar-refractivity contribution < 1.29 is 0 Å². The predicted octanol–water partition coefficient (Wildman–Crippen LogP) is 3.84. The first-order valence-corrected chi connectivity index (χ1v) is 6.63. The maximum absolute atomic E-state index is 3.57. The maximum Gasteiger partial charge on any atom is 0.00104 e. The van der Waals surface area contributed by atoms with Crippen LogP contribution in [0.25, 0.3) is 0 Å². The van der Waals surface area contributed by atoms with Gasteiger partial charge in [-0.15, -0.1) is 0 Å². The maximum atomic E-state index is 3.57. The first kappa shape index (κ1) is 13.0. The van der Waals surface area contributed by atoms with Crippen molar-refractivity contribution in [1.82, 2.24) is 5.32 Å². The van der Waals surface area contributed by atoms with Crippen LogP contribution in [0.4, 0.5) is 0 Å². The Morgan fingerprint density at radius 2 is 1.60 bits per heavy atom. The Labute approximate surface area is 96.0 Å². The van der Waals surface area contributed by atoms with E-state index in [2.05, 4.69) is 39.9 Å². The van der Waals surface area contributed by atoms with E-state index in [1.807, 2.05) is 0 Å². The van der Waals surface area contributed by atoms with Crippen LogP contribution in [0.5, 0.6) is 0 Å². The van der Waals surface area contributed by atoms with Gasteiger partial charge in [-0.05, 0) is 49.5 Å². The van der Waals surface area contributed by atoms with E-state index in [1.54, 1.807) is 0 Å². The summed E-state index contributed by atoms with van der Waals surface area (Å²) in [6.45, 7) is 12.9. The van der Waals surface area contributed by atoms with Gasteiger partial charge in [-0.25, -0.2) is 0 Å². The second-order valence-corrected chi connectivity index (χ2v) is 6.65. The van der Waals surface area contributed by atoms with Gasteiger partial charge in [0.25, 0.3) is 0 Å². The van der Waals surface area contributed by atoms with Crippen LogP contribution in [0.3, 0.4) is 0 Å². The minimum absolute atomic E-state index is 0.524. The third-order valence-electron chi connectivity index (χ3n) is 3.89. The van der Waals surface area contributed by atoms with Gasteiger partial charge < -0.3 is 5.32 Å². The van der Waals surface area contributed by atoms with Crippen LogP contribution in [-0.2, 0) is 0 Å². The summed E-state index contributed by atoms with van der Waals surface area (Å²) in [6, 6.07) is 0.644. The van der Waals surface area contributed by atoms with Gasteiger partial charge >= 0.3 is 0 Å². The highest BCUT2D eigenvalue weighted by molar-refractivity contribution is 4.81. The molecule has 1 fully saturated rings. The zero-order valence-corrected chi connectivity index (χ0v) is 11.3. The lowest BCUT2D eigenvalue weighted by Crippen LogP contribution is -2.33. The van der Waals surface area contributed by atoms with Crippen molar-refractivity contribution in [3.8, 4) is 0 Å². The first-order valence-electron chi connectivity index (χ1n) is 6.63. The molecule has 1 nitrogen and oxygen atoms in total. The average Bonchev–Trinajstić information content (AvgIpc) is 2.14. The van der Waals surface area contributed by atoms with Crippen molar-refractivity contribution in [2.45, 2.75) is 66.3 Å². The predicted molar refractivity (Wildman–Crippen MR) is 68.0 cm³/mol. The van der Waals surface area contributed by atoms with Crippen LogP contribution in [0, 0.1) is 17.3 Å². The van der Waals surface area contributed by atoms with Gasteiger partial charge in [-0.1, -0.05) is 34.6 Å². The molecule has 1 aliphatic carbocycles. The Morgan fingerprint density at radius 3 is 2.00 bits per heavy atom. The summed E-state index contributed by atoms with van der Waals surface area (Å²) in [5.74, 6) is 1.89. The molecule has 0 heterocycles. The number of nitrogens with one attached hydrogen (secondary N) is 1. The molecule has 1 N–H and O–H groups in total. The summed E-state index contributed by atoms with van der Waals surface area (Å²) in [5.41, 5.74) is 0.524. The zero-order chi connectivity index (χ0) is 11.5. The van der Waals surface area contributed by atoms with E-state index in [0.717, 1.165) is 11.8 Å². The van der Waals surface area contributed by atoms with Crippen molar-refractivity contribution >= 4 is 0 Å². The molecule has 1 saturated carbocycles. The molecule has 15 heavy (non-hydrogen) atoms. The lowest BCUT2D eigenvalue weighted by atomic mass is 9.70. The summed E-state index contributed by atoms with van der Waals surface area (Å²) in [6.07, 6.45) is 5.74. The molecule has 0 amide bonds. The van der Waals surface area contributed by atoms with Crippen molar-refractivity contribution in [2.75, 3.05) is 6.54 Å². The summed E-state index contributed by atoms with van der Waals surface area (Å²) < 4.78 is 0. The fourth-order valence-corrected chi connectivity index (χ4v) is 2.63. The molecule has 0 bridgehead atoms. The fourth-order valence-electron chi connectivity index (χ4n) is 2.63. The fraction of sp³-hybridized carbons (Fsp3) is 1.00. The number of hydrogen-bond acceptors (Lipinski definition) is 1. The molecule has 0 aliphatic heterocycles. The van der Waals surface area contributed by atoms with E-state index >= 15 is 0 Å². The van der Waals surface area contributed by atoms with Crippen LogP contribution in [0.15, 0.2) is 0 Å². The Morgan fingerprint density at radius 1 is 1.07 bits per heavy atom. The van der Waals surface area contributed by atoms with Gasteiger partial charge in [0.2, 0.25) is 0 Å². The lowest BCUT2D eigenvalue weighted by molar-refractivity contribution is 0.148. The van der Waals surface area contributed by atoms with Crippen molar-refractivity contribution in [2.24, 2.45) is 17.3 Å². The highest BCUT2D eigenvalue weighted by atomic mass is 14.9. The molecule has 1 heteroatoms. The third kappa shape index (κ3) is 4.55. The van der Waals surface area contributed by atoms with Gasteiger partial charge in [0.05, 0.1) is 0 Å². The quantitative estimate of drug-likeness (QED) is 0.748. The second-order valence-electron chi connectivity index (χ2n) is 6.65. The molecule has 1 rings (SSSR count). The molecule has 1 aliphatic rings. The smallest absolute Gasteiger partial charge is 0.00104 e.